The van der Waals surface area contributed by atoms with Crippen molar-refractivity contribution < 1.29 is 20.1 Å². The van der Waals surface area contributed by atoms with Crippen LogP contribution in [0.15, 0.2) is 164 Å². The zero-order valence-electron chi connectivity index (χ0n) is 36.4. The molecule has 0 bridgehead atoms. The van der Waals surface area contributed by atoms with Crippen LogP contribution >= 0.6 is 0 Å². The van der Waals surface area contributed by atoms with Crippen LogP contribution in [0.2, 0.25) is 0 Å². The first-order valence-corrected chi connectivity index (χ1v) is 22.1. The molecule has 1 fully saturated rings. The van der Waals surface area contributed by atoms with Crippen molar-refractivity contribution in [1.29, 1.82) is 0 Å². The van der Waals surface area contributed by atoms with Gasteiger partial charge in [-0.2, -0.15) is 24.3 Å². The van der Waals surface area contributed by atoms with E-state index < -0.39 is 0 Å². The molecule has 0 aliphatic heterocycles. The molecular formula is C58H53IrN4. The van der Waals surface area contributed by atoms with E-state index in [9.17, 15) is 0 Å². The van der Waals surface area contributed by atoms with Gasteiger partial charge in [-0.3, -0.25) is 0 Å². The molecule has 0 spiro atoms. The first-order chi connectivity index (χ1) is 30.3. The van der Waals surface area contributed by atoms with Gasteiger partial charge in [-0.1, -0.05) is 99.4 Å². The minimum atomic E-state index is 0. The van der Waals surface area contributed by atoms with Crippen molar-refractivity contribution in [3.63, 3.8) is 0 Å². The van der Waals surface area contributed by atoms with Crippen LogP contribution < -0.4 is 0 Å². The number of benzene rings is 5. The second-order valence-corrected chi connectivity index (χ2v) is 17.7. The maximum Gasteiger partial charge on any atom is 3.00 e. The average molecular weight is 998 g/mol. The van der Waals surface area contributed by atoms with Crippen molar-refractivity contribution >= 4 is 21.8 Å². The van der Waals surface area contributed by atoms with E-state index in [1.54, 1.807) is 5.56 Å². The second-order valence-electron chi connectivity index (χ2n) is 17.7. The summed E-state index contributed by atoms with van der Waals surface area (Å²) in [6.45, 7) is 6.95. The molecule has 4 heterocycles. The first kappa shape index (κ1) is 43.6. The zero-order chi connectivity index (χ0) is 42.3. The number of nitrogens with zero attached hydrogens (tertiary/aromatic N) is 4. The van der Waals surface area contributed by atoms with E-state index in [-0.39, 0.29) is 20.1 Å². The fraction of sp³-hybridized carbons (Fsp3) is 0.224. The monoisotopic (exact) mass is 998 g/mol. The van der Waals surface area contributed by atoms with Gasteiger partial charge in [0.2, 0.25) is 0 Å². The minimum absolute atomic E-state index is 0. The number of aromatic nitrogens is 4. The summed E-state index contributed by atoms with van der Waals surface area (Å²) in [7, 11) is 0. The van der Waals surface area contributed by atoms with E-state index in [4.69, 9.17) is 4.98 Å². The quantitative estimate of drug-likeness (QED) is 0.128. The molecule has 314 valence electrons. The van der Waals surface area contributed by atoms with Crippen LogP contribution in [0.3, 0.4) is 0 Å². The van der Waals surface area contributed by atoms with Gasteiger partial charge in [0.1, 0.15) is 5.82 Å². The molecule has 1 saturated carbocycles. The van der Waals surface area contributed by atoms with Crippen LogP contribution in [0.4, 0.5) is 0 Å². The van der Waals surface area contributed by atoms with Gasteiger partial charge in [0, 0.05) is 24.1 Å². The Labute approximate surface area is 386 Å². The van der Waals surface area contributed by atoms with Crippen LogP contribution in [0.1, 0.15) is 78.8 Å². The van der Waals surface area contributed by atoms with Gasteiger partial charge in [0.05, 0.1) is 0 Å². The molecule has 5 heteroatoms. The Balaban J connectivity index is 0.000000226. The second kappa shape index (κ2) is 20.0. The van der Waals surface area contributed by atoms with Gasteiger partial charge in [0.15, 0.2) is 0 Å². The molecule has 1 aliphatic rings. The van der Waals surface area contributed by atoms with Crippen molar-refractivity contribution in [1.82, 2.24) is 19.5 Å². The molecule has 9 aromatic rings. The summed E-state index contributed by atoms with van der Waals surface area (Å²) in [6, 6.07) is 61.2. The van der Waals surface area contributed by atoms with E-state index in [0.29, 0.717) is 11.3 Å². The Morgan fingerprint density at radius 3 is 1.90 bits per heavy atom. The molecule has 4 nitrogen and oxygen atoms in total. The average Bonchev–Trinajstić information content (AvgIpc) is 3.66. The largest absolute Gasteiger partial charge is 3.00 e. The molecule has 0 saturated heterocycles. The molecule has 0 N–H and O–H groups in total. The molecule has 0 atom stereocenters. The summed E-state index contributed by atoms with van der Waals surface area (Å²) < 4.78 is 2.16. The molecule has 0 amide bonds. The molecule has 4 aromatic heterocycles. The predicted octanol–water partition coefficient (Wildman–Crippen LogP) is 13.9. The van der Waals surface area contributed by atoms with E-state index in [1.165, 1.54) is 69.8 Å². The number of fused-ring (bicyclic) bond motifs is 3. The van der Waals surface area contributed by atoms with Crippen LogP contribution in [0.25, 0.3) is 50.1 Å². The molecule has 0 radical (unpaired) electrons. The summed E-state index contributed by atoms with van der Waals surface area (Å²) in [6.07, 6.45) is 15.0. The van der Waals surface area contributed by atoms with Crippen molar-refractivity contribution in [2.45, 2.75) is 78.1 Å². The standard InChI is InChI=1S/C41H42N2.C17H11N2.Ir/c1-30-7-16-36(17-8-30)40-20-15-32(29-43-40)10-12-34-26-33(27-38(28-34)35-21-23-41(2,3)24-22-35)11-9-31-13-18-37(19-14-31)39-6-4-5-25-42-39;1-3-9-15-13(7-1)14-8-2-4-10-16(14)19(15)17-11-5-6-12-18-17;/h4-8,13-16,18,20,25-29,35H,9-12,21-24H2,1-3H3;1-9,11-12H;/q-2;-1;+3. The Morgan fingerprint density at radius 2 is 1.24 bits per heavy atom. The fourth-order valence-electron chi connectivity index (χ4n) is 8.88. The number of aryl methyl sites for hydroxylation is 5. The van der Waals surface area contributed by atoms with Gasteiger partial charge in [-0.05, 0) is 120 Å². The van der Waals surface area contributed by atoms with E-state index >= 15 is 0 Å². The SMILES string of the molecule is Cc1c[c-]c(-c2ccc(CCc3cc(CCc4c[c-]c(-c5ccccn5)cc4)cc(C4CCC(C)(C)CC4)c3)cn2)cc1.[Ir+3].[c-]1cccc2c3ccccc3n(-c3ccccn3)c12. The summed E-state index contributed by atoms with van der Waals surface area (Å²) in [4.78, 5) is 13.7. The Hall–Kier alpha value is -6.00. The Bertz CT molecular complexity index is 2800. The summed E-state index contributed by atoms with van der Waals surface area (Å²) >= 11 is 0. The van der Waals surface area contributed by atoms with Gasteiger partial charge < -0.3 is 14.5 Å². The molecule has 63 heavy (non-hydrogen) atoms. The van der Waals surface area contributed by atoms with Crippen molar-refractivity contribution in [2.24, 2.45) is 5.41 Å². The molecule has 5 aromatic carbocycles. The van der Waals surface area contributed by atoms with Gasteiger partial charge in [-0.25, -0.2) is 4.98 Å². The predicted molar refractivity (Wildman–Crippen MR) is 255 cm³/mol. The molecular weight excluding hydrogens is 945 g/mol. The smallest absolute Gasteiger partial charge is 0.319 e. The maximum absolute atomic E-state index is 4.76. The molecule has 0 unspecified atom stereocenters. The minimum Gasteiger partial charge on any atom is -0.319 e. The molecule has 1 aliphatic carbocycles. The summed E-state index contributed by atoms with van der Waals surface area (Å²) in [5.74, 6) is 1.60. The van der Waals surface area contributed by atoms with Crippen LogP contribution in [0.5, 0.6) is 0 Å². The van der Waals surface area contributed by atoms with Crippen molar-refractivity contribution in [3.8, 4) is 28.3 Å². The number of hydrogen-bond acceptors (Lipinski definition) is 3. The van der Waals surface area contributed by atoms with Crippen LogP contribution in [-0.4, -0.2) is 19.5 Å². The topological polar surface area (TPSA) is 43.6 Å². The number of hydrogen-bond donors (Lipinski definition) is 0. The molecule has 10 rings (SSSR count). The van der Waals surface area contributed by atoms with E-state index in [2.05, 4.69) is 145 Å². The van der Waals surface area contributed by atoms with E-state index in [1.807, 2.05) is 73.2 Å². The Morgan fingerprint density at radius 1 is 0.587 bits per heavy atom. The first-order valence-electron chi connectivity index (χ1n) is 22.1. The number of rotatable bonds is 10. The van der Waals surface area contributed by atoms with Gasteiger partial charge in [-0.15, -0.1) is 76.2 Å². The Kier molecular flexibility index (Phi) is 13.9. The number of para-hydroxylation sites is 2. The third-order valence-electron chi connectivity index (χ3n) is 12.5. The van der Waals surface area contributed by atoms with Crippen LogP contribution in [0, 0.1) is 30.5 Å². The van der Waals surface area contributed by atoms with E-state index in [0.717, 1.165) is 59.5 Å². The van der Waals surface area contributed by atoms with Crippen molar-refractivity contribution in [2.75, 3.05) is 0 Å². The third-order valence-corrected chi connectivity index (χ3v) is 12.5. The van der Waals surface area contributed by atoms with Crippen molar-refractivity contribution in [3.05, 3.63) is 216 Å². The number of pyridine rings is 3. The zero-order valence-corrected chi connectivity index (χ0v) is 38.8. The normalized spacial score (nSPS) is 13.6. The van der Waals surface area contributed by atoms with Gasteiger partial charge in [0.25, 0.3) is 0 Å². The maximum atomic E-state index is 4.76. The fourth-order valence-corrected chi connectivity index (χ4v) is 8.88. The third kappa shape index (κ3) is 10.6. The summed E-state index contributed by atoms with van der Waals surface area (Å²) in [5, 5.41) is 2.45. The van der Waals surface area contributed by atoms with Gasteiger partial charge >= 0.3 is 20.1 Å². The summed E-state index contributed by atoms with van der Waals surface area (Å²) in [5.41, 5.74) is 15.0. The van der Waals surface area contributed by atoms with Crippen LogP contribution in [-0.2, 0) is 45.8 Å².